The van der Waals surface area contributed by atoms with E-state index >= 15 is 0 Å². The molecule has 1 atom stereocenters. The summed E-state index contributed by atoms with van der Waals surface area (Å²) in [5.74, 6) is -0.921. The van der Waals surface area contributed by atoms with Gasteiger partial charge < -0.3 is 9.84 Å². The molecule has 2 heterocycles. The number of hydrogen-bond donors (Lipinski definition) is 1. The van der Waals surface area contributed by atoms with Crippen molar-refractivity contribution < 1.29 is 14.6 Å². The molecular weight excluding hydrogens is 390 g/mol. The number of fused-ring (bicyclic) bond motifs is 1. The summed E-state index contributed by atoms with van der Waals surface area (Å²) in [6, 6.07) is 7.72. The van der Waals surface area contributed by atoms with Gasteiger partial charge in [0.1, 0.15) is 5.00 Å². The number of carboxylic acid groups (broad SMARTS) is 1. The van der Waals surface area contributed by atoms with Crippen molar-refractivity contribution in [3.05, 3.63) is 50.3 Å². The molecule has 1 aliphatic heterocycles. The number of ether oxygens (including phenoxy) is 1. The first-order valence-corrected chi connectivity index (χ1v) is 9.34. The van der Waals surface area contributed by atoms with E-state index in [9.17, 15) is 9.90 Å². The van der Waals surface area contributed by atoms with Crippen molar-refractivity contribution in [2.24, 2.45) is 4.99 Å². The van der Waals surface area contributed by atoms with Crippen LogP contribution in [0.2, 0.25) is 0 Å². The molecule has 0 saturated heterocycles. The Morgan fingerprint density at radius 2 is 2.17 bits per heavy atom. The maximum Gasteiger partial charge on any atom is 0.339 e. The molecule has 0 radical (unpaired) electrons. The highest BCUT2D eigenvalue weighted by Gasteiger charge is 2.35. The highest BCUT2D eigenvalue weighted by molar-refractivity contribution is 9.10. The van der Waals surface area contributed by atoms with Crippen LogP contribution in [0.4, 0.5) is 5.00 Å². The third-order valence-electron chi connectivity index (χ3n) is 4.34. The summed E-state index contributed by atoms with van der Waals surface area (Å²) in [5.41, 5.74) is 1.83. The molecule has 0 amide bonds. The largest absolute Gasteiger partial charge is 0.478 e. The zero-order valence-electron chi connectivity index (χ0n) is 13.5. The second kappa shape index (κ2) is 6.78. The Kier molecular flexibility index (Phi) is 4.90. The maximum absolute atomic E-state index is 11.8. The minimum atomic E-state index is -0.921. The number of benzene rings is 1. The lowest BCUT2D eigenvalue weighted by Crippen LogP contribution is -2.34. The van der Waals surface area contributed by atoms with Crippen LogP contribution >= 0.6 is 27.3 Å². The Labute approximate surface area is 153 Å². The molecule has 2 aromatic rings. The average Bonchev–Trinajstić information content (AvgIpc) is 2.91. The van der Waals surface area contributed by atoms with Crippen LogP contribution < -0.4 is 0 Å². The number of rotatable bonds is 4. The number of nitrogens with zero attached hydrogens (tertiary/aromatic N) is 1. The van der Waals surface area contributed by atoms with Crippen LogP contribution in [-0.2, 0) is 17.8 Å². The van der Waals surface area contributed by atoms with Gasteiger partial charge in [0.05, 0.1) is 17.8 Å². The van der Waals surface area contributed by atoms with Crippen molar-refractivity contribution in [2.45, 2.75) is 38.9 Å². The Bertz CT molecular complexity index is 797. The second-order valence-corrected chi connectivity index (χ2v) is 8.07. The predicted molar refractivity (Wildman–Crippen MR) is 99.9 cm³/mol. The molecule has 1 aliphatic rings. The van der Waals surface area contributed by atoms with E-state index in [-0.39, 0.29) is 5.60 Å². The molecule has 126 valence electrons. The monoisotopic (exact) mass is 407 g/mol. The van der Waals surface area contributed by atoms with Gasteiger partial charge in [-0.15, -0.1) is 11.3 Å². The first kappa shape index (κ1) is 17.3. The molecule has 6 heteroatoms. The molecule has 0 unspecified atom stereocenters. The molecule has 1 N–H and O–H groups in total. The molecule has 0 aliphatic carbocycles. The molecule has 0 bridgehead atoms. The van der Waals surface area contributed by atoms with Crippen LogP contribution in [0, 0.1) is 0 Å². The SMILES string of the molecule is CC[C@@]1(C)Cc2c(sc(N=Cc3ccc(Br)cc3)c2C(=O)O)CO1. The van der Waals surface area contributed by atoms with E-state index in [0.717, 1.165) is 26.9 Å². The Morgan fingerprint density at radius 1 is 1.46 bits per heavy atom. The van der Waals surface area contributed by atoms with Crippen molar-refractivity contribution in [1.29, 1.82) is 0 Å². The first-order valence-electron chi connectivity index (χ1n) is 7.73. The topological polar surface area (TPSA) is 58.9 Å². The van der Waals surface area contributed by atoms with E-state index in [2.05, 4.69) is 27.8 Å². The van der Waals surface area contributed by atoms with Crippen LogP contribution in [0.25, 0.3) is 0 Å². The zero-order chi connectivity index (χ0) is 17.3. The lowest BCUT2D eigenvalue weighted by atomic mass is 9.89. The molecule has 3 rings (SSSR count). The van der Waals surface area contributed by atoms with E-state index in [1.54, 1.807) is 6.21 Å². The van der Waals surface area contributed by atoms with Crippen molar-refractivity contribution in [2.75, 3.05) is 0 Å². The minimum Gasteiger partial charge on any atom is -0.478 e. The zero-order valence-corrected chi connectivity index (χ0v) is 15.9. The van der Waals surface area contributed by atoms with Gasteiger partial charge in [0.2, 0.25) is 0 Å². The summed E-state index contributed by atoms with van der Waals surface area (Å²) in [4.78, 5) is 17.2. The number of thiophene rings is 1. The van der Waals surface area contributed by atoms with Crippen LogP contribution in [0.5, 0.6) is 0 Å². The first-order chi connectivity index (χ1) is 11.4. The van der Waals surface area contributed by atoms with Crippen LogP contribution in [0.15, 0.2) is 33.7 Å². The number of hydrogen-bond acceptors (Lipinski definition) is 4. The number of carbonyl (C=O) groups is 1. The van der Waals surface area contributed by atoms with Gasteiger partial charge in [-0.2, -0.15) is 0 Å². The summed E-state index contributed by atoms with van der Waals surface area (Å²) in [6.45, 7) is 4.55. The van der Waals surface area contributed by atoms with Gasteiger partial charge in [-0.3, -0.25) is 0 Å². The lowest BCUT2D eigenvalue weighted by molar-refractivity contribution is -0.0547. The van der Waals surface area contributed by atoms with Gasteiger partial charge in [-0.25, -0.2) is 9.79 Å². The Balaban J connectivity index is 1.97. The van der Waals surface area contributed by atoms with E-state index in [0.29, 0.717) is 23.6 Å². The van der Waals surface area contributed by atoms with Crippen LogP contribution in [0.3, 0.4) is 0 Å². The van der Waals surface area contributed by atoms with Crippen LogP contribution in [0.1, 0.15) is 46.6 Å². The fraction of sp³-hybridized carbons (Fsp3) is 0.333. The van der Waals surface area contributed by atoms with Crippen molar-refractivity contribution >= 4 is 44.5 Å². The molecular formula is C18H18BrNO3S. The minimum absolute atomic E-state index is 0.301. The van der Waals surface area contributed by atoms with E-state index < -0.39 is 5.97 Å². The van der Waals surface area contributed by atoms with Gasteiger partial charge in [-0.05, 0) is 36.6 Å². The Morgan fingerprint density at radius 3 is 2.79 bits per heavy atom. The number of halogens is 1. The van der Waals surface area contributed by atoms with E-state index in [4.69, 9.17) is 4.74 Å². The number of aliphatic imine (C=N–C) groups is 1. The van der Waals surface area contributed by atoms with Gasteiger partial charge in [0.25, 0.3) is 0 Å². The quantitative estimate of drug-likeness (QED) is 0.708. The molecule has 1 aromatic carbocycles. The maximum atomic E-state index is 11.8. The van der Waals surface area contributed by atoms with Crippen molar-refractivity contribution in [1.82, 2.24) is 0 Å². The van der Waals surface area contributed by atoms with Crippen molar-refractivity contribution in [3.63, 3.8) is 0 Å². The van der Waals surface area contributed by atoms with Gasteiger partial charge in [-0.1, -0.05) is 35.0 Å². The normalized spacial score (nSPS) is 20.3. The summed E-state index contributed by atoms with van der Waals surface area (Å²) in [6.07, 6.45) is 3.17. The second-order valence-electron chi connectivity index (χ2n) is 6.07. The molecule has 1 aromatic heterocycles. The fourth-order valence-corrected chi connectivity index (χ4v) is 4.02. The predicted octanol–water partition coefficient (Wildman–Crippen LogP) is 5.20. The van der Waals surface area contributed by atoms with Gasteiger partial charge in [0.15, 0.2) is 0 Å². The third-order valence-corrected chi connectivity index (χ3v) is 5.98. The van der Waals surface area contributed by atoms with Gasteiger partial charge >= 0.3 is 5.97 Å². The summed E-state index contributed by atoms with van der Waals surface area (Å²) < 4.78 is 6.92. The van der Waals surface area contributed by atoms with E-state index in [1.807, 2.05) is 31.2 Å². The highest BCUT2D eigenvalue weighted by Crippen LogP contribution is 2.42. The Hall–Kier alpha value is -1.50. The molecule has 24 heavy (non-hydrogen) atoms. The fourth-order valence-electron chi connectivity index (χ4n) is 2.69. The number of aromatic carboxylic acids is 1. The van der Waals surface area contributed by atoms with Crippen molar-refractivity contribution in [3.8, 4) is 0 Å². The highest BCUT2D eigenvalue weighted by atomic mass is 79.9. The van der Waals surface area contributed by atoms with Gasteiger partial charge in [0, 0.05) is 22.0 Å². The summed E-state index contributed by atoms with van der Waals surface area (Å²) >= 11 is 4.80. The summed E-state index contributed by atoms with van der Waals surface area (Å²) in [5, 5.41) is 10.2. The third kappa shape index (κ3) is 3.45. The smallest absolute Gasteiger partial charge is 0.339 e. The van der Waals surface area contributed by atoms with E-state index in [1.165, 1.54) is 11.3 Å². The molecule has 0 spiro atoms. The standard InChI is InChI=1S/C18H18BrNO3S/c1-3-18(2)8-13-14(10-23-18)24-16(15(13)17(21)22)20-9-11-4-6-12(19)7-5-11/h4-7,9H,3,8,10H2,1-2H3,(H,21,22)/t18-/m0/s1. The molecule has 0 saturated carbocycles. The average molecular weight is 408 g/mol. The lowest BCUT2D eigenvalue weighted by Gasteiger charge is -2.33. The van der Waals surface area contributed by atoms with Crippen LogP contribution in [-0.4, -0.2) is 22.9 Å². The summed E-state index contributed by atoms with van der Waals surface area (Å²) in [7, 11) is 0. The molecule has 0 fully saturated rings. The molecule has 4 nitrogen and oxygen atoms in total. The number of carboxylic acids is 1.